The molecule has 0 aromatic rings. The van der Waals surface area contributed by atoms with Crippen LogP contribution in [0.4, 0.5) is 0 Å². The van der Waals surface area contributed by atoms with Crippen molar-refractivity contribution in [2.24, 2.45) is 0 Å². The molecule has 1 aliphatic heterocycles. The third kappa shape index (κ3) is 8.26. The number of hydrogen-bond acceptors (Lipinski definition) is 2. The van der Waals surface area contributed by atoms with Crippen LogP contribution in [-0.4, -0.2) is 36.6 Å². The Kier molecular flexibility index (Phi) is 10.4. The fourth-order valence-corrected chi connectivity index (χ4v) is 3.20. The zero-order valence-corrected chi connectivity index (χ0v) is 14.3. The van der Waals surface area contributed by atoms with Gasteiger partial charge in [-0.15, -0.1) is 0 Å². The molecule has 0 saturated carbocycles. The molecule has 2 heteroatoms. The van der Waals surface area contributed by atoms with Crippen molar-refractivity contribution in [3.63, 3.8) is 0 Å². The predicted molar refractivity (Wildman–Crippen MR) is 90.3 cm³/mol. The average Bonchev–Trinajstić information content (AvgIpc) is 2.46. The van der Waals surface area contributed by atoms with E-state index in [1.54, 1.807) is 0 Å². The molecule has 1 N–H and O–H groups in total. The van der Waals surface area contributed by atoms with E-state index in [-0.39, 0.29) is 0 Å². The normalized spacial score (nSPS) is 19.9. The maximum Gasteiger partial charge on any atom is 0.0195 e. The number of nitrogens with one attached hydrogen (secondary N) is 1. The summed E-state index contributed by atoms with van der Waals surface area (Å²) in [5.74, 6) is 0. The summed E-state index contributed by atoms with van der Waals surface area (Å²) in [4.78, 5) is 2.69. The molecule has 0 spiro atoms. The van der Waals surface area contributed by atoms with E-state index in [2.05, 4.69) is 31.0 Å². The third-order valence-electron chi connectivity index (χ3n) is 4.65. The van der Waals surface area contributed by atoms with Crippen molar-refractivity contribution >= 4 is 0 Å². The van der Waals surface area contributed by atoms with Gasteiger partial charge in [0.15, 0.2) is 0 Å². The number of unbranched alkanes of at least 4 members (excludes halogenated alkanes) is 6. The molecule has 0 aliphatic carbocycles. The Morgan fingerprint density at radius 3 is 2.30 bits per heavy atom. The van der Waals surface area contributed by atoms with Gasteiger partial charge in [-0.1, -0.05) is 51.9 Å². The van der Waals surface area contributed by atoms with Crippen LogP contribution in [0.15, 0.2) is 0 Å². The maximum atomic E-state index is 3.69. The molecular formula is C18H38N2. The average molecular weight is 283 g/mol. The fraction of sp³-hybridized carbons (Fsp3) is 1.00. The van der Waals surface area contributed by atoms with E-state index in [1.165, 1.54) is 83.8 Å². The summed E-state index contributed by atoms with van der Waals surface area (Å²) in [6, 6.07) is 1.44. The number of nitrogens with zero attached hydrogens (tertiary/aromatic N) is 1. The lowest BCUT2D eigenvalue weighted by Crippen LogP contribution is -2.46. The van der Waals surface area contributed by atoms with Crippen LogP contribution in [0.1, 0.15) is 85.0 Å². The van der Waals surface area contributed by atoms with Crippen LogP contribution in [0.2, 0.25) is 0 Å². The van der Waals surface area contributed by atoms with Crippen LogP contribution in [0, 0.1) is 0 Å². The number of hydrogen-bond donors (Lipinski definition) is 1. The van der Waals surface area contributed by atoms with Crippen LogP contribution in [0.3, 0.4) is 0 Å². The molecule has 0 aromatic heterocycles. The van der Waals surface area contributed by atoms with Gasteiger partial charge in [0.2, 0.25) is 0 Å². The molecule has 0 bridgehead atoms. The Bertz CT molecular complexity index is 209. The first kappa shape index (κ1) is 18.0. The molecule has 1 fully saturated rings. The van der Waals surface area contributed by atoms with Gasteiger partial charge in [0, 0.05) is 18.6 Å². The second-order valence-electron chi connectivity index (χ2n) is 6.86. The van der Waals surface area contributed by atoms with Crippen LogP contribution < -0.4 is 5.32 Å². The van der Waals surface area contributed by atoms with Gasteiger partial charge in [-0.3, -0.25) is 4.90 Å². The smallest absolute Gasteiger partial charge is 0.0195 e. The van der Waals surface area contributed by atoms with E-state index in [9.17, 15) is 0 Å². The molecule has 20 heavy (non-hydrogen) atoms. The summed E-state index contributed by atoms with van der Waals surface area (Å²) < 4.78 is 0. The van der Waals surface area contributed by atoms with Crippen molar-refractivity contribution in [1.82, 2.24) is 10.2 Å². The topological polar surface area (TPSA) is 15.3 Å². The fourth-order valence-electron chi connectivity index (χ4n) is 3.20. The highest BCUT2D eigenvalue weighted by atomic mass is 15.2. The van der Waals surface area contributed by atoms with E-state index in [4.69, 9.17) is 0 Å². The molecule has 1 unspecified atom stereocenters. The highest BCUT2D eigenvalue weighted by molar-refractivity contribution is 4.77. The van der Waals surface area contributed by atoms with Gasteiger partial charge in [-0.25, -0.2) is 0 Å². The maximum absolute atomic E-state index is 3.69. The predicted octanol–water partition coefficient (Wildman–Crippen LogP) is 4.59. The Hall–Kier alpha value is -0.0800. The van der Waals surface area contributed by atoms with Gasteiger partial charge in [0.1, 0.15) is 0 Å². The molecule has 0 amide bonds. The first-order valence-electron chi connectivity index (χ1n) is 9.21. The summed E-state index contributed by atoms with van der Waals surface area (Å²) >= 11 is 0. The van der Waals surface area contributed by atoms with E-state index in [0.717, 1.165) is 6.04 Å². The largest absolute Gasteiger partial charge is 0.313 e. The highest BCUT2D eigenvalue weighted by Gasteiger charge is 2.17. The zero-order valence-electron chi connectivity index (χ0n) is 14.3. The standard InChI is InChI=1S/C18H38N2/c1-4-5-6-7-8-9-12-15-20(17(2)3)16-18-13-10-11-14-19-18/h17-19H,4-16H2,1-3H3. The first-order chi connectivity index (χ1) is 9.74. The lowest BCUT2D eigenvalue weighted by Gasteiger charge is -2.33. The van der Waals surface area contributed by atoms with Crippen molar-refractivity contribution in [3.8, 4) is 0 Å². The quantitative estimate of drug-likeness (QED) is 0.558. The summed E-state index contributed by atoms with van der Waals surface area (Å²) in [6.07, 6.45) is 14.1. The van der Waals surface area contributed by atoms with Gasteiger partial charge in [-0.2, -0.15) is 0 Å². The molecule has 1 atom stereocenters. The summed E-state index contributed by atoms with van der Waals surface area (Å²) in [6.45, 7) is 10.8. The van der Waals surface area contributed by atoms with Crippen molar-refractivity contribution in [2.45, 2.75) is 97.1 Å². The molecule has 1 heterocycles. The molecule has 0 aromatic carbocycles. The van der Waals surface area contributed by atoms with Gasteiger partial charge < -0.3 is 5.32 Å². The van der Waals surface area contributed by atoms with Crippen LogP contribution in [-0.2, 0) is 0 Å². The van der Waals surface area contributed by atoms with Crippen molar-refractivity contribution < 1.29 is 0 Å². The lowest BCUT2D eigenvalue weighted by atomic mass is 10.0. The third-order valence-corrected chi connectivity index (χ3v) is 4.65. The van der Waals surface area contributed by atoms with E-state index >= 15 is 0 Å². The Balaban J connectivity index is 2.09. The van der Waals surface area contributed by atoms with Crippen LogP contribution in [0.25, 0.3) is 0 Å². The highest BCUT2D eigenvalue weighted by Crippen LogP contribution is 2.12. The monoisotopic (exact) mass is 282 g/mol. The molecule has 120 valence electrons. The summed E-state index contributed by atoms with van der Waals surface area (Å²) in [5.41, 5.74) is 0. The van der Waals surface area contributed by atoms with Gasteiger partial charge >= 0.3 is 0 Å². The molecule has 1 rings (SSSR count). The van der Waals surface area contributed by atoms with Gasteiger partial charge in [0.25, 0.3) is 0 Å². The molecule has 1 aliphatic rings. The molecule has 2 nitrogen and oxygen atoms in total. The minimum atomic E-state index is 0.693. The molecule has 0 radical (unpaired) electrons. The minimum absolute atomic E-state index is 0.693. The Morgan fingerprint density at radius 1 is 1.00 bits per heavy atom. The van der Waals surface area contributed by atoms with E-state index < -0.39 is 0 Å². The van der Waals surface area contributed by atoms with E-state index in [0.29, 0.717) is 6.04 Å². The molecular weight excluding hydrogens is 244 g/mol. The van der Waals surface area contributed by atoms with Gasteiger partial charge in [-0.05, 0) is 46.2 Å². The second-order valence-corrected chi connectivity index (χ2v) is 6.86. The van der Waals surface area contributed by atoms with Crippen molar-refractivity contribution in [2.75, 3.05) is 19.6 Å². The molecule has 1 saturated heterocycles. The minimum Gasteiger partial charge on any atom is -0.313 e. The Morgan fingerprint density at radius 2 is 1.70 bits per heavy atom. The van der Waals surface area contributed by atoms with E-state index in [1.807, 2.05) is 0 Å². The second kappa shape index (κ2) is 11.6. The summed E-state index contributed by atoms with van der Waals surface area (Å²) in [5, 5.41) is 3.69. The summed E-state index contributed by atoms with van der Waals surface area (Å²) in [7, 11) is 0. The zero-order chi connectivity index (χ0) is 14.6. The van der Waals surface area contributed by atoms with Crippen molar-refractivity contribution in [1.29, 1.82) is 0 Å². The van der Waals surface area contributed by atoms with Gasteiger partial charge in [0.05, 0.1) is 0 Å². The van der Waals surface area contributed by atoms with Crippen LogP contribution >= 0.6 is 0 Å². The first-order valence-corrected chi connectivity index (χ1v) is 9.21. The Labute approximate surface area is 127 Å². The number of piperidine rings is 1. The number of rotatable bonds is 11. The SMILES string of the molecule is CCCCCCCCCN(CC1CCCCN1)C(C)C. The lowest BCUT2D eigenvalue weighted by molar-refractivity contribution is 0.181. The van der Waals surface area contributed by atoms with Crippen LogP contribution in [0.5, 0.6) is 0 Å². The van der Waals surface area contributed by atoms with Crippen molar-refractivity contribution in [3.05, 3.63) is 0 Å².